The standard InChI is InChI=1S/C16H23NO4/c1-4-11-9-13(21-12(11)5-2)14(18)17-8-6-7-16(3,10-17)15(19)20/h9H,4-8,10H2,1-3H3,(H,19,20). The maximum Gasteiger partial charge on any atom is 0.311 e. The number of aliphatic carboxylic acids is 1. The lowest BCUT2D eigenvalue weighted by Gasteiger charge is -2.37. The van der Waals surface area contributed by atoms with Crippen LogP contribution in [0.3, 0.4) is 0 Å². The SMILES string of the molecule is CCc1cc(C(=O)N2CCCC(C)(C(=O)O)C2)oc1CC. The van der Waals surface area contributed by atoms with Crippen LogP contribution in [0.25, 0.3) is 0 Å². The molecule has 1 aromatic rings. The van der Waals surface area contributed by atoms with E-state index in [2.05, 4.69) is 0 Å². The molecule has 1 unspecified atom stereocenters. The van der Waals surface area contributed by atoms with Gasteiger partial charge < -0.3 is 14.4 Å². The summed E-state index contributed by atoms with van der Waals surface area (Å²) in [5.74, 6) is 0.136. The van der Waals surface area contributed by atoms with Crippen molar-refractivity contribution >= 4 is 11.9 Å². The molecule has 0 bridgehead atoms. The van der Waals surface area contributed by atoms with Gasteiger partial charge in [0.05, 0.1) is 5.41 Å². The molecule has 5 nitrogen and oxygen atoms in total. The lowest BCUT2D eigenvalue weighted by molar-refractivity contribution is -0.150. The Hall–Kier alpha value is -1.78. The molecule has 116 valence electrons. The van der Waals surface area contributed by atoms with Gasteiger partial charge in [-0.3, -0.25) is 9.59 Å². The van der Waals surface area contributed by atoms with E-state index >= 15 is 0 Å². The van der Waals surface area contributed by atoms with Crippen molar-refractivity contribution < 1.29 is 19.1 Å². The largest absolute Gasteiger partial charge is 0.481 e. The molecule has 1 aliphatic rings. The number of amides is 1. The summed E-state index contributed by atoms with van der Waals surface area (Å²) in [6, 6.07) is 1.80. The van der Waals surface area contributed by atoms with E-state index in [-0.39, 0.29) is 12.5 Å². The molecular weight excluding hydrogens is 270 g/mol. The molecular formula is C16H23NO4. The van der Waals surface area contributed by atoms with Gasteiger partial charge in [0, 0.05) is 19.5 Å². The van der Waals surface area contributed by atoms with E-state index in [1.54, 1.807) is 17.9 Å². The van der Waals surface area contributed by atoms with Gasteiger partial charge in [0.25, 0.3) is 5.91 Å². The van der Waals surface area contributed by atoms with Gasteiger partial charge in [0.1, 0.15) is 5.76 Å². The molecule has 1 atom stereocenters. The summed E-state index contributed by atoms with van der Waals surface area (Å²) >= 11 is 0. The predicted molar refractivity (Wildman–Crippen MR) is 78.3 cm³/mol. The number of nitrogens with zero attached hydrogens (tertiary/aromatic N) is 1. The normalized spacial score (nSPS) is 22.3. The van der Waals surface area contributed by atoms with Crippen LogP contribution >= 0.6 is 0 Å². The predicted octanol–water partition coefficient (Wildman–Crippen LogP) is 2.73. The minimum absolute atomic E-state index is 0.198. The third-order valence-electron chi connectivity index (χ3n) is 4.31. The van der Waals surface area contributed by atoms with Crippen LogP contribution in [-0.4, -0.2) is 35.0 Å². The molecule has 1 N–H and O–H groups in total. The fourth-order valence-corrected chi connectivity index (χ4v) is 2.91. The summed E-state index contributed by atoms with van der Waals surface area (Å²) in [6.45, 7) is 6.55. The van der Waals surface area contributed by atoms with Crippen molar-refractivity contribution in [2.75, 3.05) is 13.1 Å². The molecule has 2 rings (SSSR count). The summed E-state index contributed by atoms with van der Waals surface area (Å²) in [7, 11) is 0. The van der Waals surface area contributed by atoms with Crippen LogP contribution in [0.1, 0.15) is 55.5 Å². The Morgan fingerprint density at radius 3 is 2.62 bits per heavy atom. The second-order valence-corrected chi connectivity index (χ2v) is 5.96. The highest BCUT2D eigenvalue weighted by molar-refractivity contribution is 5.92. The molecule has 1 aliphatic heterocycles. The first-order valence-corrected chi connectivity index (χ1v) is 7.55. The number of furan rings is 1. The number of hydrogen-bond acceptors (Lipinski definition) is 3. The number of piperidine rings is 1. The summed E-state index contributed by atoms with van der Waals surface area (Å²) < 4.78 is 5.66. The van der Waals surface area contributed by atoms with E-state index in [0.29, 0.717) is 25.1 Å². The zero-order valence-corrected chi connectivity index (χ0v) is 12.9. The minimum Gasteiger partial charge on any atom is -0.481 e. The number of carbonyl (C=O) groups excluding carboxylic acids is 1. The average Bonchev–Trinajstić information content (AvgIpc) is 2.89. The molecule has 0 spiro atoms. The highest BCUT2D eigenvalue weighted by atomic mass is 16.4. The summed E-state index contributed by atoms with van der Waals surface area (Å²) in [5, 5.41) is 9.33. The van der Waals surface area contributed by atoms with Gasteiger partial charge in [-0.1, -0.05) is 13.8 Å². The second kappa shape index (κ2) is 5.92. The van der Waals surface area contributed by atoms with Crippen molar-refractivity contribution in [1.29, 1.82) is 0 Å². The lowest BCUT2D eigenvalue weighted by atomic mass is 9.82. The Morgan fingerprint density at radius 1 is 1.38 bits per heavy atom. The molecule has 0 aromatic carbocycles. The number of hydrogen-bond donors (Lipinski definition) is 1. The van der Waals surface area contributed by atoms with Gasteiger partial charge in [0.15, 0.2) is 5.76 Å². The van der Waals surface area contributed by atoms with E-state index in [9.17, 15) is 14.7 Å². The van der Waals surface area contributed by atoms with Crippen molar-refractivity contribution in [3.05, 3.63) is 23.2 Å². The van der Waals surface area contributed by atoms with Crippen LogP contribution in [0.5, 0.6) is 0 Å². The molecule has 1 aromatic heterocycles. The first-order chi connectivity index (χ1) is 9.91. The Morgan fingerprint density at radius 2 is 2.10 bits per heavy atom. The van der Waals surface area contributed by atoms with Gasteiger partial charge in [0.2, 0.25) is 0 Å². The van der Waals surface area contributed by atoms with Crippen LogP contribution in [0.2, 0.25) is 0 Å². The Bertz CT molecular complexity index is 527. The van der Waals surface area contributed by atoms with Crippen molar-refractivity contribution in [3.63, 3.8) is 0 Å². The summed E-state index contributed by atoms with van der Waals surface area (Å²) in [6.07, 6.45) is 2.89. The van der Waals surface area contributed by atoms with Crippen LogP contribution in [-0.2, 0) is 17.6 Å². The van der Waals surface area contributed by atoms with Crippen molar-refractivity contribution in [1.82, 2.24) is 4.90 Å². The van der Waals surface area contributed by atoms with Crippen molar-refractivity contribution in [3.8, 4) is 0 Å². The molecule has 0 saturated carbocycles. The number of likely N-dealkylation sites (tertiary alicyclic amines) is 1. The number of carboxylic acids is 1. The number of aryl methyl sites for hydroxylation is 2. The van der Waals surface area contributed by atoms with E-state index in [4.69, 9.17) is 4.42 Å². The van der Waals surface area contributed by atoms with E-state index in [1.807, 2.05) is 13.8 Å². The second-order valence-electron chi connectivity index (χ2n) is 5.96. The van der Waals surface area contributed by atoms with Gasteiger partial charge in [-0.2, -0.15) is 0 Å². The lowest BCUT2D eigenvalue weighted by Crippen LogP contribution is -2.48. The van der Waals surface area contributed by atoms with Crippen molar-refractivity contribution in [2.24, 2.45) is 5.41 Å². The third-order valence-corrected chi connectivity index (χ3v) is 4.31. The molecule has 1 saturated heterocycles. The highest BCUT2D eigenvalue weighted by Crippen LogP contribution is 2.31. The van der Waals surface area contributed by atoms with Crippen LogP contribution in [0.4, 0.5) is 0 Å². The number of rotatable bonds is 4. The van der Waals surface area contributed by atoms with E-state index in [1.165, 1.54) is 0 Å². The van der Waals surface area contributed by atoms with Crippen LogP contribution in [0.15, 0.2) is 10.5 Å². The average molecular weight is 293 g/mol. The topological polar surface area (TPSA) is 70.8 Å². The minimum atomic E-state index is -0.859. The fourth-order valence-electron chi connectivity index (χ4n) is 2.91. The van der Waals surface area contributed by atoms with Gasteiger partial charge >= 0.3 is 5.97 Å². The molecule has 1 amide bonds. The maximum atomic E-state index is 12.5. The number of carbonyl (C=O) groups is 2. The van der Waals surface area contributed by atoms with E-state index in [0.717, 1.165) is 24.2 Å². The molecule has 5 heteroatoms. The zero-order chi connectivity index (χ0) is 15.6. The zero-order valence-electron chi connectivity index (χ0n) is 12.9. The van der Waals surface area contributed by atoms with Crippen molar-refractivity contribution in [2.45, 2.75) is 46.5 Å². The molecule has 0 radical (unpaired) electrons. The monoisotopic (exact) mass is 293 g/mol. The van der Waals surface area contributed by atoms with Gasteiger partial charge in [-0.05, 0) is 37.8 Å². The van der Waals surface area contributed by atoms with Crippen LogP contribution < -0.4 is 0 Å². The summed E-state index contributed by atoms with van der Waals surface area (Å²) in [4.78, 5) is 25.5. The first kappa shape index (κ1) is 15.6. The highest BCUT2D eigenvalue weighted by Gasteiger charge is 2.40. The quantitative estimate of drug-likeness (QED) is 0.926. The van der Waals surface area contributed by atoms with E-state index < -0.39 is 11.4 Å². The van der Waals surface area contributed by atoms with Crippen LogP contribution in [0, 0.1) is 5.41 Å². The third kappa shape index (κ3) is 2.96. The summed E-state index contributed by atoms with van der Waals surface area (Å²) in [5.41, 5.74) is 0.195. The smallest absolute Gasteiger partial charge is 0.311 e. The Labute approximate surface area is 124 Å². The molecule has 0 aliphatic carbocycles. The molecule has 1 fully saturated rings. The first-order valence-electron chi connectivity index (χ1n) is 7.55. The Balaban J connectivity index is 2.20. The van der Waals surface area contributed by atoms with Gasteiger partial charge in [-0.25, -0.2) is 0 Å². The molecule has 2 heterocycles. The maximum absolute atomic E-state index is 12.5. The molecule has 21 heavy (non-hydrogen) atoms. The number of carboxylic acid groups (broad SMARTS) is 1. The fraction of sp³-hybridized carbons (Fsp3) is 0.625. The van der Waals surface area contributed by atoms with Gasteiger partial charge in [-0.15, -0.1) is 0 Å². The Kier molecular flexibility index (Phi) is 4.40.